The second-order valence-corrected chi connectivity index (χ2v) is 4.74. The number of para-hydroxylation sites is 1. The minimum absolute atomic E-state index is 0. The van der Waals surface area contributed by atoms with Crippen LogP contribution in [0.1, 0.15) is 24.8 Å². The predicted molar refractivity (Wildman–Crippen MR) is 101 cm³/mol. The van der Waals surface area contributed by atoms with Crippen molar-refractivity contribution in [2.75, 3.05) is 25.0 Å². The number of guanidine groups is 1. The Balaban J connectivity index is 0.00000242. The van der Waals surface area contributed by atoms with Crippen molar-refractivity contribution in [2.45, 2.75) is 19.3 Å². The van der Waals surface area contributed by atoms with Gasteiger partial charge in [0.1, 0.15) is 0 Å². The zero-order valence-corrected chi connectivity index (χ0v) is 14.9. The molecule has 6 heteroatoms. The van der Waals surface area contributed by atoms with Crippen LogP contribution in [0.5, 0.6) is 0 Å². The van der Waals surface area contributed by atoms with Crippen LogP contribution in [0.15, 0.2) is 29.3 Å². The summed E-state index contributed by atoms with van der Waals surface area (Å²) in [7, 11) is 0. The SMILES string of the molecule is C#CCNC(=NCCC1C(=O)Nc2ccccc21)NCC.I. The van der Waals surface area contributed by atoms with Gasteiger partial charge in [-0.15, -0.1) is 30.4 Å². The average Bonchev–Trinajstić information content (AvgIpc) is 2.81. The average molecular weight is 412 g/mol. The fourth-order valence-corrected chi connectivity index (χ4v) is 2.34. The Morgan fingerprint density at radius 3 is 2.91 bits per heavy atom. The summed E-state index contributed by atoms with van der Waals surface area (Å²) in [5.74, 6) is 3.12. The molecule has 0 aromatic heterocycles. The lowest BCUT2D eigenvalue weighted by Gasteiger charge is -2.10. The van der Waals surface area contributed by atoms with Crippen molar-refractivity contribution in [3.63, 3.8) is 0 Å². The number of carbonyl (C=O) groups is 1. The van der Waals surface area contributed by atoms with E-state index in [1.807, 2.05) is 31.2 Å². The number of nitrogens with one attached hydrogen (secondary N) is 3. The Bertz CT molecular complexity index is 580. The van der Waals surface area contributed by atoms with E-state index in [0.29, 0.717) is 25.5 Å². The van der Waals surface area contributed by atoms with Crippen LogP contribution < -0.4 is 16.0 Å². The maximum atomic E-state index is 12.0. The quantitative estimate of drug-likeness (QED) is 0.300. The van der Waals surface area contributed by atoms with Crippen LogP contribution in [-0.4, -0.2) is 31.5 Å². The first-order valence-electron chi connectivity index (χ1n) is 7.11. The van der Waals surface area contributed by atoms with Crippen molar-refractivity contribution in [1.29, 1.82) is 0 Å². The van der Waals surface area contributed by atoms with Gasteiger partial charge in [-0.05, 0) is 25.0 Å². The molecule has 1 amide bonds. The number of halogens is 1. The van der Waals surface area contributed by atoms with E-state index in [1.165, 1.54) is 0 Å². The number of nitrogens with zero attached hydrogens (tertiary/aromatic N) is 1. The van der Waals surface area contributed by atoms with Gasteiger partial charge in [0.15, 0.2) is 5.96 Å². The van der Waals surface area contributed by atoms with Crippen LogP contribution in [0.25, 0.3) is 0 Å². The highest BCUT2D eigenvalue weighted by Gasteiger charge is 2.29. The Morgan fingerprint density at radius 2 is 2.18 bits per heavy atom. The summed E-state index contributed by atoms with van der Waals surface area (Å²) in [4.78, 5) is 16.4. The van der Waals surface area contributed by atoms with Crippen LogP contribution in [0, 0.1) is 12.3 Å². The highest BCUT2D eigenvalue weighted by molar-refractivity contribution is 14.0. The minimum Gasteiger partial charge on any atom is -0.357 e. The highest BCUT2D eigenvalue weighted by Crippen LogP contribution is 2.34. The first kappa shape index (κ1) is 18.3. The standard InChI is InChI=1S/C16H20N4O.HI/c1-3-10-18-16(17-4-2)19-11-9-13-12-7-5-6-8-14(12)20-15(13)21;/h1,5-8,13H,4,9-11H2,2H3,(H,20,21)(H2,17,18,19);1H. The third kappa shape index (κ3) is 4.63. The molecule has 1 aromatic carbocycles. The number of amides is 1. The van der Waals surface area contributed by atoms with E-state index in [9.17, 15) is 4.79 Å². The number of rotatable bonds is 5. The van der Waals surface area contributed by atoms with Gasteiger partial charge < -0.3 is 16.0 Å². The van der Waals surface area contributed by atoms with Crippen molar-refractivity contribution in [3.05, 3.63) is 29.8 Å². The zero-order valence-electron chi connectivity index (χ0n) is 12.6. The molecule has 2 rings (SSSR count). The van der Waals surface area contributed by atoms with Crippen molar-refractivity contribution in [3.8, 4) is 12.3 Å². The van der Waals surface area contributed by atoms with Gasteiger partial charge in [-0.2, -0.15) is 0 Å². The maximum Gasteiger partial charge on any atom is 0.232 e. The normalized spacial score (nSPS) is 16.1. The molecule has 5 nitrogen and oxygen atoms in total. The molecular weight excluding hydrogens is 391 g/mol. The van der Waals surface area contributed by atoms with Gasteiger partial charge in [-0.3, -0.25) is 9.79 Å². The topological polar surface area (TPSA) is 65.5 Å². The van der Waals surface area contributed by atoms with Gasteiger partial charge in [0.25, 0.3) is 0 Å². The van der Waals surface area contributed by atoms with E-state index in [4.69, 9.17) is 6.42 Å². The van der Waals surface area contributed by atoms with Crippen LogP contribution in [0.2, 0.25) is 0 Å². The molecule has 0 saturated heterocycles. The lowest BCUT2D eigenvalue weighted by atomic mass is 9.97. The molecule has 3 N–H and O–H groups in total. The smallest absolute Gasteiger partial charge is 0.232 e. The molecule has 1 unspecified atom stereocenters. The Kier molecular flexibility index (Phi) is 7.74. The lowest BCUT2D eigenvalue weighted by Crippen LogP contribution is -2.37. The maximum absolute atomic E-state index is 12.0. The largest absolute Gasteiger partial charge is 0.357 e. The Morgan fingerprint density at radius 1 is 1.41 bits per heavy atom. The first-order valence-corrected chi connectivity index (χ1v) is 7.11. The van der Waals surface area contributed by atoms with Gasteiger partial charge >= 0.3 is 0 Å². The van der Waals surface area contributed by atoms with Crippen LogP contribution >= 0.6 is 24.0 Å². The molecule has 1 aliphatic rings. The number of terminal acetylenes is 1. The second-order valence-electron chi connectivity index (χ2n) is 4.74. The zero-order chi connectivity index (χ0) is 15.1. The Hall–Kier alpha value is -1.75. The lowest BCUT2D eigenvalue weighted by molar-refractivity contribution is -0.117. The molecule has 0 aliphatic carbocycles. The number of benzene rings is 1. The molecule has 118 valence electrons. The van der Waals surface area contributed by atoms with Crippen LogP contribution in [-0.2, 0) is 4.79 Å². The predicted octanol–water partition coefficient (Wildman–Crippen LogP) is 1.92. The fourth-order valence-electron chi connectivity index (χ4n) is 2.34. The van der Waals surface area contributed by atoms with E-state index in [-0.39, 0.29) is 35.8 Å². The second kappa shape index (κ2) is 9.30. The van der Waals surface area contributed by atoms with E-state index < -0.39 is 0 Å². The van der Waals surface area contributed by atoms with E-state index >= 15 is 0 Å². The van der Waals surface area contributed by atoms with E-state index in [0.717, 1.165) is 17.8 Å². The summed E-state index contributed by atoms with van der Waals surface area (Å²) in [5, 5.41) is 9.04. The first-order chi connectivity index (χ1) is 10.3. The Labute approximate surface area is 148 Å². The van der Waals surface area contributed by atoms with E-state index in [2.05, 4.69) is 26.9 Å². The molecule has 0 fully saturated rings. The summed E-state index contributed by atoms with van der Waals surface area (Å²) in [6.07, 6.45) is 5.90. The highest BCUT2D eigenvalue weighted by atomic mass is 127. The third-order valence-electron chi connectivity index (χ3n) is 3.30. The summed E-state index contributed by atoms with van der Waals surface area (Å²) in [6, 6.07) is 7.79. The van der Waals surface area contributed by atoms with Crippen molar-refractivity contribution >= 4 is 41.5 Å². The number of hydrogen-bond acceptors (Lipinski definition) is 2. The van der Waals surface area contributed by atoms with Gasteiger partial charge in [-0.1, -0.05) is 24.1 Å². The van der Waals surface area contributed by atoms with Gasteiger partial charge in [-0.25, -0.2) is 0 Å². The van der Waals surface area contributed by atoms with Crippen molar-refractivity contribution in [1.82, 2.24) is 10.6 Å². The summed E-state index contributed by atoms with van der Waals surface area (Å²) in [5.41, 5.74) is 1.97. The number of aliphatic imine (C=N–C) groups is 1. The monoisotopic (exact) mass is 412 g/mol. The molecule has 1 aromatic rings. The van der Waals surface area contributed by atoms with Crippen LogP contribution in [0.3, 0.4) is 0 Å². The van der Waals surface area contributed by atoms with Gasteiger partial charge in [0, 0.05) is 18.8 Å². The molecule has 22 heavy (non-hydrogen) atoms. The molecule has 0 spiro atoms. The van der Waals surface area contributed by atoms with Crippen LogP contribution in [0.4, 0.5) is 5.69 Å². The molecule has 1 atom stereocenters. The number of fused-ring (bicyclic) bond motifs is 1. The number of hydrogen-bond donors (Lipinski definition) is 3. The molecule has 0 radical (unpaired) electrons. The van der Waals surface area contributed by atoms with E-state index in [1.54, 1.807) is 0 Å². The fraction of sp³-hybridized carbons (Fsp3) is 0.375. The summed E-state index contributed by atoms with van der Waals surface area (Å²) >= 11 is 0. The molecule has 1 heterocycles. The third-order valence-corrected chi connectivity index (χ3v) is 3.30. The molecule has 1 aliphatic heterocycles. The number of carbonyl (C=O) groups excluding carboxylic acids is 1. The molecule has 0 saturated carbocycles. The van der Waals surface area contributed by atoms with Crippen molar-refractivity contribution < 1.29 is 4.79 Å². The minimum atomic E-state index is -0.125. The summed E-state index contributed by atoms with van der Waals surface area (Å²) < 4.78 is 0. The molecule has 0 bridgehead atoms. The van der Waals surface area contributed by atoms with Gasteiger partial charge in [0.05, 0.1) is 12.5 Å². The number of anilines is 1. The summed E-state index contributed by atoms with van der Waals surface area (Å²) in [6.45, 7) is 3.75. The molecular formula is C16H21IN4O. The van der Waals surface area contributed by atoms with Crippen molar-refractivity contribution in [2.24, 2.45) is 4.99 Å². The van der Waals surface area contributed by atoms with Gasteiger partial charge in [0.2, 0.25) is 5.91 Å².